The maximum absolute atomic E-state index is 4.70. The zero-order chi connectivity index (χ0) is 14.7. The molecule has 0 atom stereocenters. The molecule has 3 rings (SSSR count). The van der Waals surface area contributed by atoms with Crippen LogP contribution in [-0.2, 0) is 0 Å². The Balaban J connectivity index is 1.88. The van der Waals surface area contributed by atoms with Crippen molar-refractivity contribution < 1.29 is 9.26 Å². The van der Waals surface area contributed by atoms with E-state index < -0.39 is 0 Å². The molecule has 2 heterocycles. The van der Waals surface area contributed by atoms with Gasteiger partial charge in [-0.15, -0.1) is 0 Å². The Kier molecular flexibility index (Phi) is 3.50. The lowest BCUT2D eigenvalue weighted by atomic mass is 10.1. The molecule has 0 unspecified atom stereocenters. The first-order valence-electron chi connectivity index (χ1n) is 6.40. The Labute approximate surface area is 120 Å². The molecule has 0 aliphatic heterocycles. The van der Waals surface area contributed by atoms with Crippen LogP contribution in [0.5, 0.6) is 0 Å². The van der Waals surface area contributed by atoms with Crippen LogP contribution in [0.1, 0.15) is 23.1 Å². The van der Waals surface area contributed by atoms with Crippen molar-refractivity contribution in [3.05, 3.63) is 47.3 Å². The molecular formula is C13H14N6O2. The largest absolute Gasteiger partial charge is 0.342 e. The van der Waals surface area contributed by atoms with Gasteiger partial charge in [-0.2, -0.15) is 0 Å². The molecule has 0 bridgehead atoms. The maximum Gasteiger partial charge on any atom is 0.195 e. The summed E-state index contributed by atoms with van der Waals surface area (Å²) >= 11 is 0. The molecule has 0 saturated heterocycles. The lowest BCUT2D eigenvalue weighted by Crippen LogP contribution is -2.21. The number of rotatable bonds is 5. The topological polar surface area (TPSA) is 102 Å². The number of hydrogen-bond donors (Lipinski definition) is 2. The summed E-state index contributed by atoms with van der Waals surface area (Å²) in [6.45, 7) is 3.62. The molecule has 1 aromatic carbocycles. The van der Waals surface area contributed by atoms with Crippen molar-refractivity contribution >= 4 is 11.6 Å². The highest BCUT2D eigenvalue weighted by atomic mass is 16.6. The Morgan fingerprint density at radius 3 is 1.76 bits per heavy atom. The zero-order valence-corrected chi connectivity index (χ0v) is 11.6. The van der Waals surface area contributed by atoms with Crippen molar-refractivity contribution in [2.45, 2.75) is 20.0 Å². The van der Waals surface area contributed by atoms with Crippen molar-refractivity contribution in [3.63, 3.8) is 0 Å². The van der Waals surface area contributed by atoms with Crippen LogP contribution in [0, 0.1) is 13.8 Å². The van der Waals surface area contributed by atoms with Crippen LogP contribution in [0.25, 0.3) is 0 Å². The number of nitrogens with one attached hydrogen (secondary N) is 2. The van der Waals surface area contributed by atoms with Gasteiger partial charge in [-0.3, -0.25) is 0 Å². The van der Waals surface area contributed by atoms with Crippen LogP contribution >= 0.6 is 0 Å². The van der Waals surface area contributed by atoms with Crippen molar-refractivity contribution in [2.24, 2.45) is 0 Å². The fraction of sp³-hybridized carbons (Fsp3) is 0.231. The van der Waals surface area contributed by atoms with E-state index in [0.29, 0.717) is 23.0 Å². The fourth-order valence-electron chi connectivity index (χ4n) is 1.85. The number of aromatic nitrogens is 4. The number of anilines is 2. The minimum atomic E-state index is -0.276. The van der Waals surface area contributed by atoms with Crippen LogP contribution in [0.15, 0.2) is 39.6 Å². The predicted octanol–water partition coefficient (Wildman–Crippen LogP) is 2.29. The highest BCUT2D eigenvalue weighted by Crippen LogP contribution is 2.22. The molecule has 3 aromatic rings. The molecule has 8 heteroatoms. The average molecular weight is 286 g/mol. The lowest BCUT2D eigenvalue weighted by Gasteiger charge is -2.19. The summed E-state index contributed by atoms with van der Waals surface area (Å²) in [4.78, 5) is 0. The van der Waals surface area contributed by atoms with Crippen molar-refractivity contribution in [1.29, 1.82) is 0 Å². The van der Waals surface area contributed by atoms with Gasteiger partial charge in [-0.05, 0) is 29.7 Å². The normalized spacial score (nSPS) is 10.8. The molecule has 0 spiro atoms. The lowest BCUT2D eigenvalue weighted by molar-refractivity contribution is 0.305. The quantitative estimate of drug-likeness (QED) is 0.689. The third-order valence-electron chi connectivity index (χ3n) is 3.00. The fourth-order valence-corrected chi connectivity index (χ4v) is 1.85. The number of hydrogen-bond acceptors (Lipinski definition) is 8. The van der Waals surface area contributed by atoms with Gasteiger partial charge in [-0.25, -0.2) is 9.26 Å². The molecule has 2 aromatic heterocycles. The maximum atomic E-state index is 4.70. The third-order valence-corrected chi connectivity index (χ3v) is 3.00. The van der Waals surface area contributed by atoms with E-state index >= 15 is 0 Å². The van der Waals surface area contributed by atoms with Gasteiger partial charge in [0.1, 0.15) is 17.6 Å². The van der Waals surface area contributed by atoms with E-state index in [2.05, 4.69) is 31.3 Å². The Bertz CT molecular complexity index is 666. The molecule has 2 N–H and O–H groups in total. The average Bonchev–Trinajstić information content (AvgIpc) is 3.09. The van der Waals surface area contributed by atoms with Gasteiger partial charge in [0.2, 0.25) is 0 Å². The first-order valence-corrected chi connectivity index (χ1v) is 6.40. The first kappa shape index (κ1) is 13.1. The standard InChI is InChI=1S/C13H14N6O2/c1-8-11(18-20-16-8)14-13(10-6-4-3-5-7-10)15-12-9(2)17-21-19-12/h3-7,13H,1-2H3,(H,14,18)(H,15,19). The van der Waals surface area contributed by atoms with Gasteiger partial charge < -0.3 is 10.6 Å². The Morgan fingerprint density at radius 2 is 1.33 bits per heavy atom. The molecule has 0 aliphatic rings. The summed E-state index contributed by atoms with van der Waals surface area (Å²) in [5.41, 5.74) is 2.35. The predicted molar refractivity (Wildman–Crippen MR) is 74.5 cm³/mol. The van der Waals surface area contributed by atoms with E-state index in [-0.39, 0.29) is 6.17 Å². The second-order valence-corrected chi connectivity index (χ2v) is 4.53. The highest BCUT2D eigenvalue weighted by molar-refractivity contribution is 5.47. The van der Waals surface area contributed by atoms with E-state index in [1.54, 1.807) is 0 Å². The first-order chi connectivity index (χ1) is 10.2. The molecule has 0 amide bonds. The summed E-state index contributed by atoms with van der Waals surface area (Å²) in [6, 6.07) is 9.82. The number of nitrogens with zero attached hydrogens (tertiary/aromatic N) is 4. The Hall–Kier alpha value is -2.90. The smallest absolute Gasteiger partial charge is 0.195 e. The minimum Gasteiger partial charge on any atom is -0.342 e. The van der Waals surface area contributed by atoms with Gasteiger partial charge in [-0.1, -0.05) is 40.6 Å². The molecule has 0 aliphatic carbocycles. The summed E-state index contributed by atoms with van der Waals surface area (Å²) in [5.74, 6) is 1.12. The van der Waals surface area contributed by atoms with Gasteiger partial charge in [0.15, 0.2) is 11.6 Å². The third kappa shape index (κ3) is 2.83. The Morgan fingerprint density at radius 1 is 0.810 bits per heavy atom. The number of benzene rings is 1. The van der Waals surface area contributed by atoms with Crippen molar-refractivity contribution in [3.8, 4) is 0 Å². The summed E-state index contributed by atoms with van der Waals surface area (Å²) < 4.78 is 9.41. The monoisotopic (exact) mass is 286 g/mol. The molecule has 108 valence electrons. The summed E-state index contributed by atoms with van der Waals surface area (Å²) in [7, 11) is 0. The molecule has 0 radical (unpaired) electrons. The summed E-state index contributed by atoms with van der Waals surface area (Å²) in [5, 5.41) is 21.6. The van der Waals surface area contributed by atoms with E-state index in [4.69, 9.17) is 9.26 Å². The molecule has 21 heavy (non-hydrogen) atoms. The van der Waals surface area contributed by atoms with Crippen molar-refractivity contribution in [1.82, 2.24) is 20.6 Å². The van der Waals surface area contributed by atoms with Crippen molar-refractivity contribution in [2.75, 3.05) is 10.6 Å². The van der Waals surface area contributed by atoms with Crippen LogP contribution in [0.3, 0.4) is 0 Å². The SMILES string of the molecule is Cc1nonc1NC(Nc1nonc1C)c1ccccc1. The number of aryl methyl sites for hydroxylation is 2. The molecular weight excluding hydrogens is 272 g/mol. The van der Waals surface area contributed by atoms with E-state index in [9.17, 15) is 0 Å². The molecule has 0 fully saturated rings. The van der Waals surface area contributed by atoms with Crippen LogP contribution in [-0.4, -0.2) is 20.6 Å². The van der Waals surface area contributed by atoms with Gasteiger partial charge in [0.25, 0.3) is 0 Å². The van der Waals surface area contributed by atoms with E-state index in [1.807, 2.05) is 44.2 Å². The highest BCUT2D eigenvalue weighted by Gasteiger charge is 2.17. The van der Waals surface area contributed by atoms with Crippen LogP contribution in [0.4, 0.5) is 11.6 Å². The van der Waals surface area contributed by atoms with Crippen LogP contribution in [0.2, 0.25) is 0 Å². The zero-order valence-electron chi connectivity index (χ0n) is 11.6. The van der Waals surface area contributed by atoms with Crippen LogP contribution < -0.4 is 10.6 Å². The summed E-state index contributed by atoms with van der Waals surface area (Å²) in [6.07, 6.45) is -0.276. The van der Waals surface area contributed by atoms with Gasteiger partial charge in [0, 0.05) is 0 Å². The molecule has 0 saturated carbocycles. The second kappa shape index (κ2) is 5.61. The van der Waals surface area contributed by atoms with Gasteiger partial charge in [0.05, 0.1) is 0 Å². The van der Waals surface area contributed by atoms with Gasteiger partial charge >= 0.3 is 0 Å². The second-order valence-electron chi connectivity index (χ2n) is 4.53. The minimum absolute atomic E-state index is 0.276. The molecule has 8 nitrogen and oxygen atoms in total. The van der Waals surface area contributed by atoms with E-state index in [0.717, 1.165) is 5.56 Å². The van der Waals surface area contributed by atoms with E-state index in [1.165, 1.54) is 0 Å².